The van der Waals surface area contributed by atoms with Crippen LogP contribution >= 0.6 is 46.4 Å². The summed E-state index contributed by atoms with van der Waals surface area (Å²) in [5, 5.41) is 3.72. The van der Waals surface area contributed by atoms with Crippen LogP contribution in [0.5, 0.6) is 0 Å². The molecule has 0 saturated carbocycles. The summed E-state index contributed by atoms with van der Waals surface area (Å²) < 4.78 is 28.5. The van der Waals surface area contributed by atoms with Crippen molar-refractivity contribution in [3.8, 4) is 0 Å². The van der Waals surface area contributed by atoms with Gasteiger partial charge in [0.25, 0.3) is 10.0 Å². The normalized spacial score (nSPS) is 12.1. The van der Waals surface area contributed by atoms with Crippen molar-refractivity contribution in [1.29, 1.82) is 0 Å². The second-order valence-electron chi connectivity index (χ2n) is 8.49. The highest BCUT2D eigenvalue weighted by Gasteiger charge is 2.34. The third-order valence-electron chi connectivity index (χ3n) is 5.87. The molecule has 3 rings (SSSR count). The van der Waals surface area contributed by atoms with Crippen molar-refractivity contribution in [3.63, 3.8) is 0 Å². The molecular weight excluding hydrogens is 604 g/mol. The van der Waals surface area contributed by atoms with Crippen molar-refractivity contribution >= 4 is 73.9 Å². The molecule has 3 aromatic carbocycles. The van der Waals surface area contributed by atoms with Crippen LogP contribution < -0.4 is 9.62 Å². The maximum atomic E-state index is 14.0. The van der Waals surface area contributed by atoms with Crippen LogP contribution in [0.25, 0.3) is 0 Å². The number of hydrogen-bond acceptors (Lipinski definition) is 4. The largest absolute Gasteiger partial charge is 0.355 e. The smallest absolute Gasteiger partial charge is 0.264 e. The van der Waals surface area contributed by atoms with Gasteiger partial charge < -0.3 is 10.2 Å². The van der Waals surface area contributed by atoms with E-state index in [2.05, 4.69) is 5.32 Å². The number of anilines is 1. The molecule has 0 aliphatic rings. The number of amides is 2. The van der Waals surface area contributed by atoms with E-state index in [1.54, 1.807) is 50.2 Å². The Labute approximate surface area is 248 Å². The van der Waals surface area contributed by atoms with Gasteiger partial charge in [-0.2, -0.15) is 0 Å². The Hall–Kier alpha value is -2.49. The first-order chi connectivity index (χ1) is 18.5. The molecule has 0 saturated heterocycles. The first-order valence-corrected chi connectivity index (χ1v) is 15.0. The van der Waals surface area contributed by atoms with Gasteiger partial charge in [0.15, 0.2) is 0 Å². The molecule has 39 heavy (non-hydrogen) atoms. The molecule has 2 amide bonds. The summed E-state index contributed by atoms with van der Waals surface area (Å²) in [7, 11) is -4.25. The van der Waals surface area contributed by atoms with Crippen molar-refractivity contribution < 1.29 is 18.0 Å². The highest BCUT2D eigenvalue weighted by Crippen LogP contribution is 2.31. The van der Waals surface area contributed by atoms with Gasteiger partial charge in [-0.15, -0.1) is 0 Å². The minimum Gasteiger partial charge on any atom is -0.355 e. The Morgan fingerprint density at radius 1 is 0.872 bits per heavy atom. The molecule has 0 aliphatic heterocycles. The topological polar surface area (TPSA) is 86.8 Å². The molecule has 3 aromatic rings. The number of carbonyl (C=O) groups excluding carboxylic acids is 2. The fourth-order valence-electron chi connectivity index (χ4n) is 4.00. The Morgan fingerprint density at radius 2 is 1.46 bits per heavy atom. The van der Waals surface area contributed by atoms with Gasteiger partial charge >= 0.3 is 0 Å². The fourth-order valence-corrected chi connectivity index (χ4v) is 6.45. The van der Waals surface area contributed by atoms with Crippen LogP contribution in [-0.2, 0) is 26.2 Å². The molecule has 0 aliphatic carbocycles. The lowest BCUT2D eigenvalue weighted by molar-refractivity contribution is -0.140. The zero-order valence-electron chi connectivity index (χ0n) is 21.2. The molecule has 0 unspecified atom stereocenters. The highest BCUT2D eigenvalue weighted by molar-refractivity contribution is 7.92. The van der Waals surface area contributed by atoms with E-state index >= 15 is 0 Å². The van der Waals surface area contributed by atoms with Gasteiger partial charge in [0.2, 0.25) is 11.8 Å². The van der Waals surface area contributed by atoms with Crippen molar-refractivity contribution in [3.05, 3.63) is 92.4 Å². The summed E-state index contributed by atoms with van der Waals surface area (Å²) in [6.45, 7) is 3.09. The molecule has 12 heteroatoms. The van der Waals surface area contributed by atoms with E-state index in [1.807, 2.05) is 0 Å². The summed E-state index contributed by atoms with van der Waals surface area (Å²) in [6, 6.07) is 15.9. The number of likely N-dealkylation sites (N-methyl/N-ethyl adjacent to an activating group) is 1. The van der Waals surface area contributed by atoms with Crippen molar-refractivity contribution in [2.45, 2.75) is 37.8 Å². The second-order valence-corrected chi connectivity index (χ2v) is 12.0. The Bertz CT molecular complexity index is 1400. The van der Waals surface area contributed by atoms with Gasteiger partial charge in [-0.25, -0.2) is 8.42 Å². The number of nitrogens with one attached hydrogen (secondary N) is 1. The third-order valence-corrected chi connectivity index (χ3v) is 8.81. The molecule has 0 heterocycles. The van der Waals surface area contributed by atoms with E-state index < -0.39 is 28.5 Å². The SMILES string of the molecule is CCNC(=O)[C@@H](CC)N(Cc1c(Cl)cccc1Cl)C(=O)CN(c1cc(Cl)cc(Cl)c1)S(=O)(=O)c1ccccc1. The van der Waals surface area contributed by atoms with E-state index in [0.29, 0.717) is 22.2 Å². The lowest BCUT2D eigenvalue weighted by Crippen LogP contribution is -2.52. The average Bonchev–Trinajstić information content (AvgIpc) is 2.88. The van der Waals surface area contributed by atoms with E-state index in [4.69, 9.17) is 46.4 Å². The zero-order chi connectivity index (χ0) is 28.7. The number of carbonyl (C=O) groups is 2. The van der Waals surface area contributed by atoms with E-state index in [1.165, 1.54) is 35.2 Å². The second kappa shape index (κ2) is 13.7. The van der Waals surface area contributed by atoms with Crippen molar-refractivity contribution in [2.75, 3.05) is 17.4 Å². The molecular formula is C27H27Cl4N3O4S. The van der Waals surface area contributed by atoms with Gasteiger partial charge in [-0.05, 0) is 55.8 Å². The molecule has 208 valence electrons. The lowest BCUT2D eigenvalue weighted by Gasteiger charge is -2.33. The van der Waals surface area contributed by atoms with Crippen LogP contribution in [-0.4, -0.2) is 44.3 Å². The van der Waals surface area contributed by atoms with Crippen LogP contribution in [0.1, 0.15) is 25.8 Å². The monoisotopic (exact) mass is 629 g/mol. The summed E-state index contributed by atoms with van der Waals surface area (Å²) in [5.74, 6) is -1.04. The Balaban J connectivity index is 2.12. The van der Waals surface area contributed by atoms with Crippen LogP contribution in [0.4, 0.5) is 5.69 Å². The fraction of sp³-hybridized carbons (Fsp3) is 0.259. The van der Waals surface area contributed by atoms with Crippen molar-refractivity contribution in [1.82, 2.24) is 10.2 Å². The number of rotatable bonds is 11. The quantitative estimate of drug-likeness (QED) is 0.264. The lowest BCUT2D eigenvalue weighted by atomic mass is 10.1. The summed E-state index contributed by atoms with van der Waals surface area (Å²) in [5.41, 5.74) is 0.520. The van der Waals surface area contributed by atoms with E-state index in [-0.39, 0.29) is 39.5 Å². The Morgan fingerprint density at radius 3 is 2.00 bits per heavy atom. The summed E-state index contributed by atoms with van der Waals surface area (Å²) >= 11 is 25.2. The third kappa shape index (κ3) is 7.58. The number of benzene rings is 3. The van der Waals surface area contributed by atoms with E-state index in [9.17, 15) is 18.0 Å². The van der Waals surface area contributed by atoms with Gasteiger partial charge in [-0.3, -0.25) is 13.9 Å². The predicted molar refractivity (Wildman–Crippen MR) is 157 cm³/mol. The maximum absolute atomic E-state index is 14.0. The minimum absolute atomic E-state index is 0.0367. The number of nitrogens with zero attached hydrogens (tertiary/aromatic N) is 2. The first-order valence-electron chi connectivity index (χ1n) is 12.0. The van der Waals surface area contributed by atoms with E-state index in [0.717, 1.165) is 4.31 Å². The number of hydrogen-bond donors (Lipinski definition) is 1. The molecule has 0 bridgehead atoms. The summed E-state index contributed by atoms with van der Waals surface area (Å²) in [4.78, 5) is 28.3. The van der Waals surface area contributed by atoms with Gasteiger partial charge in [0.1, 0.15) is 12.6 Å². The number of sulfonamides is 1. The average molecular weight is 631 g/mol. The maximum Gasteiger partial charge on any atom is 0.264 e. The molecule has 1 N–H and O–H groups in total. The Kier molecular flexibility index (Phi) is 10.9. The molecule has 7 nitrogen and oxygen atoms in total. The zero-order valence-corrected chi connectivity index (χ0v) is 25.0. The first kappa shape index (κ1) is 31.0. The van der Waals surface area contributed by atoms with Gasteiger partial charge in [0, 0.05) is 38.7 Å². The molecule has 0 spiro atoms. The highest BCUT2D eigenvalue weighted by atomic mass is 35.5. The predicted octanol–water partition coefficient (Wildman–Crippen LogP) is 6.44. The van der Waals surface area contributed by atoms with Crippen LogP contribution in [0, 0.1) is 0 Å². The molecule has 0 fully saturated rings. The number of halogens is 4. The van der Waals surface area contributed by atoms with Gasteiger partial charge in [-0.1, -0.05) is 77.6 Å². The molecule has 1 atom stereocenters. The van der Waals surface area contributed by atoms with Crippen LogP contribution in [0.3, 0.4) is 0 Å². The standard InChI is InChI=1S/C27H27Cl4N3O4S/c1-3-25(27(36)32-4-2)33(16-22-23(30)11-8-12-24(22)31)26(35)17-34(20-14-18(28)13-19(29)15-20)39(37,38)21-9-6-5-7-10-21/h5-15,25H,3-4,16-17H2,1-2H3,(H,32,36)/t25-/m1/s1. The molecule has 0 aromatic heterocycles. The molecule has 0 radical (unpaired) electrons. The van der Waals surface area contributed by atoms with Crippen LogP contribution in [0.15, 0.2) is 71.6 Å². The van der Waals surface area contributed by atoms with Gasteiger partial charge in [0.05, 0.1) is 10.6 Å². The minimum atomic E-state index is -4.25. The van der Waals surface area contributed by atoms with Crippen LogP contribution in [0.2, 0.25) is 20.1 Å². The summed E-state index contributed by atoms with van der Waals surface area (Å²) in [6.07, 6.45) is 0.258. The van der Waals surface area contributed by atoms with Crippen molar-refractivity contribution in [2.24, 2.45) is 0 Å².